The highest BCUT2D eigenvalue weighted by molar-refractivity contribution is 7.89. The molecular formula is C11H14N2O2S. The summed E-state index contributed by atoms with van der Waals surface area (Å²) in [7, 11) is -3.26. The van der Waals surface area contributed by atoms with Crippen molar-refractivity contribution >= 4 is 10.0 Å². The molecule has 1 rings (SSSR count). The second kappa shape index (κ2) is 6.07. The minimum atomic E-state index is -3.26. The maximum absolute atomic E-state index is 11.2. The van der Waals surface area contributed by atoms with E-state index in [0.29, 0.717) is 6.42 Å². The zero-order chi connectivity index (χ0) is 11.9. The molecule has 1 heterocycles. The molecule has 0 aliphatic heterocycles. The summed E-state index contributed by atoms with van der Waals surface area (Å²) >= 11 is 0. The van der Waals surface area contributed by atoms with Crippen LogP contribution in [0.3, 0.4) is 0 Å². The van der Waals surface area contributed by atoms with Gasteiger partial charge in [0.25, 0.3) is 0 Å². The summed E-state index contributed by atoms with van der Waals surface area (Å²) in [4.78, 5) is 4.10. The van der Waals surface area contributed by atoms with E-state index in [-0.39, 0.29) is 5.75 Å². The molecule has 16 heavy (non-hydrogen) atoms. The summed E-state index contributed by atoms with van der Waals surface area (Å²) in [5.41, 5.74) is 0.890. The van der Waals surface area contributed by atoms with E-state index in [1.807, 2.05) is 18.2 Å². The number of aromatic nitrogens is 1. The number of hydrogen-bond acceptors (Lipinski definition) is 3. The average molecular weight is 238 g/mol. The summed E-state index contributed by atoms with van der Waals surface area (Å²) < 4.78 is 24.7. The molecule has 0 radical (unpaired) electrons. The third-order valence-electron chi connectivity index (χ3n) is 1.76. The monoisotopic (exact) mass is 238 g/mol. The number of nitrogens with one attached hydrogen (secondary N) is 1. The van der Waals surface area contributed by atoms with E-state index in [1.54, 1.807) is 12.3 Å². The van der Waals surface area contributed by atoms with Gasteiger partial charge in [0.05, 0.1) is 5.75 Å². The van der Waals surface area contributed by atoms with Crippen molar-refractivity contribution in [2.45, 2.75) is 6.42 Å². The average Bonchev–Trinajstić information content (AvgIpc) is 2.26. The Balaban J connectivity index is 2.42. The zero-order valence-corrected chi connectivity index (χ0v) is 9.65. The molecule has 0 aliphatic rings. The maximum atomic E-state index is 11.2. The van der Waals surface area contributed by atoms with Crippen molar-refractivity contribution < 1.29 is 8.42 Å². The van der Waals surface area contributed by atoms with Gasteiger partial charge in [0.2, 0.25) is 10.0 Å². The fourth-order valence-electron chi connectivity index (χ4n) is 1.05. The first-order valence-electron chi connectivity index (χ1n) is 4.80. The first-order chi connectivity index (χ1) is 7.64. The predicted molar refractivity (Wildman–Crippen MR) is 64.2 cm³/mol. The molecule has 86 valence electrons. The number of pyridine rings is 1. The molecular weight excluding hydrogens is 224 g/mol. The van der Waals surface area contributed by atoms with Gasteiger partial charge in [0.1, 0.15) is 0 Å². The fourth-order valence-corrected chi connectivity index (χ4v) is 1.76. The lowest BCUT2D eigenvalue weighted by Crippen LogP contribution is -2.19. The molecule has 0 spiro atoms. The van der Waals surface area contributed by atoms with Crippen LogP contribution in [0.15, 0.2) is 49.3 Å². The van der Waals surface area contributed by atoms with Gasteiger partial charge in [-0.25, -0.2) is 8.42 Å². The van der Waals surface area contributed by atoms with E-state index in [4.69, 9.17) is 0 Å². The molecule has 0 unspecified atom stereocenters. The smallest absolute Gasteiger partial charge is 0.235 e. The third kappa shape index (κ3) is 4.75. The standard InChI is InChI=1S/C11H14N2O2S/c1-2-10-16(14,15)13-9-5-7-11-6-3-4-8-12-11/h2-6,8-9,13H,1,7,10H2. The van der Waals surface area contributed by atoms with E-state index in [9.17, 15) is 8.42 Å². The van der Waals surface area contributed by atoms with E-state index in [0.717, 1.165) is 5.69 Å². The Morgan fingerprint density at radius 2 is 2.25 bits per heavy atom. The Morgan fingerprint density at radius 3 is 2.88 bits per heavy atom. The second-order valence-corrected chi connectivity index (χ2v) is 4.91. The highest BCUT2D eigenvalue weighted by atomic mass is 32.2. The molecule has 0 fully saturated rings. The zero-order valence-electron chi connectivity index (χ0n) is 8.83. The molecule has 0 saturated carbocycles. The van der Waals surface area contributed by atoms with E-state index < -0.39 is 10.0 Å². The van der Waals surface area contributed by atoms with E-state index in [1.165, 1.54) is 12.3 Å². The first kappa shape index (κ1) is 12.4. The van der Waals surface area contributed by atoms with Crippen LogP contribution in [0.2, 0.25) is 0 Å². The Morgan fingerprint density at radius 1 is 1.44 bits per heavy atom. The largest absolute Gasteiger partial charge is 0.290 e. The summed E-state index contributed by atoms with van der Waals surface area (Å²) in [5.74, 6) is -0.0824. The minimum Gasteiger partial charge on any atom is -0.290 e. The Labute approximate surface area is 95.8 Å². The molecule has 4 nitrogen and oxygen atoms in total. The number of allylic oxidation sites excluding steroid dienone is 1. The van der Waals surface area contributed by atoms with Gasteiger partial charge in [-0.15, -0.1) is 6.58 Å². The molecule has 0 bridgehead atoms. The van der Waals surface area contributed by atoms with Gasteiger partial charge in [-0.05, 0) is 12.1 Å². The molecule has 0 atom stereocenters. The summed E-state index contributed by atoms with van der Waals surface area (Å²) in [6.07, 6.45) is 6.76. The Bertz CT molecular complexity index is 452. The predicted octanol–water partition coefficient (Wildman–Crippen LogP) is 1.24. The van der Waals surface area contributed by atoms with Crippen LogP contribution in [0, 0.1) is 0 Å². The highest BCUT2D eigenvalue weighted by Crippen LogP contribution is 1.95. The van der Waals surface area contributed by atoms with Crippen LogP contribution in [0.5, 0.6) is 0 Å². The normalized spacial score (nSPS) is 11.5. The molecule has 1 N–H and O–H groups in total. The van der Waals surface area contributed by atoms with Crippen molar-refractivity contribution in [3.8, 4) is 0 Å². The molecule has 0 saturated heterocycles. The molecule has 1 aromatic heterocycles. The van der Waals surface area contributed by atoms with Crippen LogP contribution in [-0.2, 0) is 16.4 Å². The van der Waals surface area contributed by atoms with Crippen LogP contribution in [-0.4, -0.2) is 19.2 Å². The Hall–Kier alpha value is -1.62. The number of hydrogen-bond donors (Lipinski definition) is 1. The lowest BCUT2D eigenvalue weighted by atomic mass is 10.3. The lowest BCUT2D eigenvalue weighted by Gasteiger charge is -1.99. The maximum Gasteiger partial charge on any atom is 0.235 e. The van der Waals surface area contributed by atoms with Crippen molar-refractivity contribution in [1.82, 2.24) is 9.71 Å². The SMILES string of the molecule is C=CCS(=O)(=O)NC=CCc1ccccn1. The summed E-state index contributed by atoms with van der Waals surface area (Å²) in [6.45, 7) is 3.37. The first-order valence-corrected chi connectivity index (χ1v) is 6.45. The minimum absolute atomic E-state index is 0.0824. The van der Waals surface area contributed by atoms with E-state index in [2.05, 4.69) is 16.3 Å². The van der Waals surface area contributed by atoms with Crippen molar-refractivity contribution in [3.63, 3.8) is 0 Å². The molecule has 0 aliphatic carbocycles. The molecule has 0 aromatic carbocycles. The summed E-state index contributed by atoms with van der Waals surface area (Å²) in [6, 6.07) is 5.60. The van der Waals surface area contributed by atoms with Gasteiger partial charge >= 0.3 is 0 Å². The van der Waals surface area contributed by atoms with Gasteiger partial charge in [0, 0.05) is 24.5 Å². The van der Waals surface area contributed by atoms with Crippen LogP contribution in [0.4, 0.5) is 0 Å². The second-order valence-electron chi connectivity index (χ2n) is 3.12. The topological polar surface area (TPSA) is 59.1 Å². The van der Waals surface area contributed by atoms with Gasteiger partial charge < -0.3 is 0 Å². The van der Waals surface area contributed by atoms with Crippen LogP contribution in [0.1, 0.15) is 5.69 Å². The van der Waals surface area contributed by atoms with Gasteiger partial charge in [-0.1, -0.05) is 18.2 Å². The highest BCUT2D eigenvalue weighted by Gasteiger charge is 2.02. The fraction of sp³-hybridized carbons (Fsp3) is 0.182. The van der Waals surface area contributed by atoms with Gasteiger partial charge in [-0.2, -0.15) is 0 Å². The van der Waals surface area contributed by atoms with Crippen LogP contribution < -0.4 is 4.72 Å². The molecule has 1 aromatic rings. The summed E-state index contributed by atoms with van der Waals surface area (Å²) in [5, 5.41) is 0. The van der Waals surface area contributed by atoms with E-state index >= 15 is 0 Å². The van der Waals surface area contributed by atoms with Crippen molar-refractivity contribution in [2.75, 3.05) is 5.75 Å². The van der Waals surface area contributed by atoms with Crippen molar-refractivity contribution in [3.05, 3.63) is 55.0 Å². The number of nitrogens with zero attached hydrogens (tertiary/aromatic N) is 1. The van der Waals surface area contributed by atoms with Gasteiger partial charge in [-0.3, -0.25) is 9.71 Å². The third-order valence-corrected chi connectivity index (χ3v) is 2.93. The van der Waals surface area contributed by atoms with Crippen molar-refractivity contribution in [2.24, 2.45) is 0 Å². The Kier molecular flexibility index (Phi) is 4.72. The number of sulfonamides is 1. The van der Waals surface area contributed by atoms with Crippen LogP contribution in [0.25, 0.3) is 0 Å². The number of rotatable bonds is 6. The van der Waals surface area contributed by atoms with Gasteiger partial charge in [0.15, 0.2) is 0 Å². The molecule has 0 amide bonds. The quantitative estimate of drug-likeness (QED) is 0.759. The molecule has 5 heteroatoms. The van der Waals surface area contributed by atoms with Crippen molar-refractivity contribution in [1.29, 1.82) is 0 Å². The van der Waals surface area contributed by atoms with Crippen LogP contribution >= 0.6 is 0 Å². The lowest BCUT2D eigenvalue weighted by molar-refractivity contribution is 0.593.